The van der Waals surface area contributed by atoms with Crippen LogP contribution in [0.25, 0.3) is 0 Å². The smallest absolute Gasteiger partial charge is 0.252 e. The zero-order valence-electron chi connectivity index (χ0n) is 7.63. The first-order chi connectivity index (χ1) is 6.26. The van der Waals surface area contributed by atoms with E-state index in [1.165, 1.54) is 6.07 Å². The fourth-order valence-corrected chi connectivity index (χ4v) is 0.966. The summed E-state index contributed by atoms with van der Waals surface area (Å²) in [7, 11) is 0. The van der Waals surface area contributed by atoms with Crippen molar-refractivity contribution in [3.05, 3.63) is 22.2 Å². The van der Waals surface area contributed by atoms with Crippen molar-refractivity contribution >= 4 is 5.82 Å². The zero-order valence-corrected chi connectivity index (χ0v) is 7.63. The second-order valence-corrected chi connectivity index (χ2v) is 2.65. The summed E-state index contributed by atoms with van der Waals surface area (Å²) in [6.07, 6.45) is 0.716. The van der Waals surface area contributed by atoms with Gasteiger partial charge in [0.25, 0.3) is 5.56 Å². The van der Waals surface area contributed by atoms with Gasteiger partial charge >= 0.3 is 0 Å². The fourth-order valence-electron chi connectivity index (χ4n) is 0.966. The molecule has 1 aromatic rings. The maximum Gasteiger partial charge on any atom is 0.252 e. The molecule has 0 aliphatic heterocycles. The van der Waals surface area contributed by atoms with Gasteiger partial charge in [-0.2, -0.15) is 0 Å². The average Bonchev–Trinajstić information content (AvgIpc) is 2.14. The molecule has 13 heavy (non-hydrogen) atoms. The van der Waals surface area contributed by atoms with Crippen LogP contribution in [0.4, 0.5) is 5.82 Å². The highest BCUT2D eigenvalue weighted by atomic mass is 16.1. The van der Waals surface area contributed by atoms with E-state index in [-0.39, 0.29) is 5.56 Å². The minimum atomic E-state index is -0.133. The first-order valence-corrected chi connectivity index (χ1v) is 4.30. The van der Waals surface area contributed by atoms with Crippen LogP contribution in [0, 0.1) is 0 Å². The standard InChI is InChI=1S/C8H14N4O/c1-2-6-11-7(10-4-3-9)5-8(13)12-6/h5H,2-4,9H2,1H3,(H2,10,11,12,13). The molecule has 0 unspecified atom stereocenters. The van der Waals surface area contributed by atoms with Crippen molar-refractivity contribution in [2.24, 2.45) is 5.73 Å². The van der Waals surface area contributed by atoms with Crippen LogP contribution in [0.2, 0.25) is 0 Å². The lowest BCUT2D eigenvalue weighted by Gasteiger charge is -2.03. The molecule has 0 atom stereocenters. The molecule has 0 fully saturated rings. The summed E-state index contributed by atoms with van der Waals surface area (Å²) in [4.78, 5) is 17.9. The molecule has 4 N–H and O–H groups in total. The van der Waals surface area contributed by atoms with E-state index in [4.69, 9.17) is 5.73 Å². The number of aromatic nitrogens is 2. The normalized spacial score (nSPS) is 10.0. The molecule has 0 aromatic carbocycles. The SMILES string of the molecule is CCc1nc(NCCN)cc(=O)[nH]1. The summed E-state index contributed by atoms with van der Waals surface area (Å²) >= 11 is 0. The molecule has 0 bridgehead atoms. The molecule has 0 aliphatic carbocycles. The Morgan fingerprint density at radius 2 is 2.46 bits per heavy atom. The monoisotopic (exact) mass is 182 g/mol. The molecule has 1 aromatic heterocycles. The lowest BCUT2D eigenvalue weighted by Crippen LogP contribution is -2.17. The molecule has 0 spiro atoms. The fraction of sp³-hybridized carbons (Fsp3) is 0.500. The summed E-state index contributed by atoms with van der Waals surface area (Å²) in [6.45, 7) is 3.08. The van der Waals surface area contributed by atoms with Crippen LogP contribution in [0.15, 0.2) is 10.9 Å². The topological polar surface area (TPSA) is 83.8 Å². The number of hydrogen-bond acceptors (Lipinski definition) is 4. The number of H-pyrrole nitrogens is 1. The number of hydrogen-bond donors (Lipinski definition) is 3. The van der Waals surface area contributed by atoms with Crippen molar-refractivity contribution < 1.29 is 0 Å². The molecule has 0 saturated carbocycles. The quantitative estimate of drug-likeness (QED) is 0.597. The predicted molar refractivity (Wildman–Crippen MR) is 51.8 cm³/mol. The molecule has 0 saturated heterocycles. The van der Waals surface area contributed by atoms with E-state index in [0.29, 0.717) is 31.2 Å². The van der Waals surface area contributed by atoms with Gasteiger partial charge in [-0.25, -0.2) is 4.98 Å². The Morgan fingerprint density at radius 1 is 1.69 bits per heavy atom. The molecule has 0 amide bonds. The van der Waals surface area contributed by atoms with Crippen molar-refractivity contribution in [2.75, 3.05) is 18.4 Å². The van der Waals surface area contributed by atoms with Crippen LogP contribution in [0.5, 0.6) is 0 Å². The van der Waals surface area contributed by atoms with E-state index < -0.39 is 0 Å². The van der Waals surface area contributed by atoms with Crippen LogP contribution in [0.3, 0.4) is 0 Å². The van der Waals surface area contributed by atoms with E-state index in [2.05, 4.69) is 15.3 Å². The molecule has 72 valence electrons. The summed E-state index contributed by atoms with van der Waals surface area (Å²) < 4.78 is 0. The van der Waals surface area contributed by atoms with E-state index in [1.807, 2.05) is 6.92 Å². The highest BCUT2D eigenvalue weighted by Gasteiger charge is 1.97. The first-order valence-electron chi connectivity index (χ1n) is 4.30. The van der Waals surface area contributed by atoms with Gasteiger partial charge in [-0.05, 0) is 0 Å². The van der Waals surface area contributed by atoms with Crippen LogP contribution >= 0.6 is 0 Å². The Hall–Kier alpha value is -1.36. The van der Waals surface area contributed by atoms with Crippen molar-refractivity contribution in [1.29, 1.82) is 0 Å². The third kappa shape index (κ3) is 2.87. The third-order valence-corrected chi connectivity index (χ3v) is 1.58. The number of nitrogens with one attached hydrogen (secondary N) is 2. The van der Waals surface area contributed by atoms with Gasteiger partial charge in [-0.1, -0.05) is 6.92 Å². The highest BCUT2D eigenvalue weighted by Crippen LogP contribution is 1.97. The van der Waals surface area contributed by atoms with Gasteiger partial charge in [0.05, 0.1) is 0 Å². The van der Waals surface area contributed by atoms with Gasteiger partial charge in [0.2, 0.25) is 0 Å². The van der Waals surface area contributed by atoms with Gasteiger partial charge < -0.3 is 16.0 Å². The van der Waals surface area contributed by atoms with E-state index in [0.717, 1.165) is 0 Å². The Kier molecular flexibility index (Phi) is 3.45. The second-order valence-electron chi connectivity index (χ2n) is 2.65. The van der Waals surface area contributed by atoms with Gasteiger partial charge in [0.1, 0.15) is 11.6 Å². The van der Waals surface area contributed by atoms with E-state index in [1.54, 1.807) is 0 Å². The molecule has 0 aliphatic rings. The molecular formula is C8H14N4O. The van der Waals surface area contributed by atoms with Crippen LogP contribution in [-0.2, 0) is 6.42 Å². The minimum Gasteiger partial charge on any atom is -0.369 e. The Morgan fingerprint density at radius 3 is 3.08 bits per heavy atom. The number of nitrogens with two attached hydrogens (primary N) is 1. The molecular weight excluding hydrogens is 168 g/mol. The third-order valence-electron chi connectivity index (χ3n) is 1.58. The molecule has 1 rings (SSSR count). The molecule has 5 nitrogen and oxygen atoms in total. The van der Waals surface area contributed by atoms with Gasteiger partial charge in [0.15, 0.2) is 0 Å². The minimum absolute atomic E-state index is 0.133. The highest BCUT2D eigenvalue weighted by molar-refractivity contribution is 5.32. The molecule has 0 radical (unpaired) electrons. The zero-order chi connectivity index (χ0) is 9.68. The average molecular weight is 182 g/mol. The van der Waals surface area contributed by atoms with Crippen molar-refractivity contribution in [3.63, 3.8) is 0 Å². The van der Waals surface area contributed by atoms with Crippen LogP contribution in [0.1, 0.15) is 12.7 Å². The predicted octanol–water partition coefficient (Wildman–Crippen LogP) is -0.297. The summed E-state index contributed by atoms with van der Waals surface area (Å²) in [5, 5.41) is 2.95. The van der Waals surface area contributed by atoms with E-state index >= 15 is 0 Å². The summed E-state index contributed by atoms with van der Waals surface area (Å²) in [5.41, 5.74) is 5.18. The lowest BCUT2D eigenvalue weighted by atomic mass is 10.4. The summed E-state index contributed by atoms with van der Waals surface area (Å²) in [5.74, 6) is 1.28. The van der Waals surface area contributed by atoms with Crippen LogP contribution in [-0.4, -0.2) is 23.1 Å². The largest absolute Gasteiger partial charge is 0.369 e. The van der Waals surface area contributed by atoms with Crippen molar-refractivity contribution in [1.82, 2.24) is 9.97 Å². The Bertz CT molecular complexity index is 320. The lowest BCUT2D eigenvalue weighted by molar-refractivity contribution is 0.910. The Labute approximate surface area is 76.4 Å². The maximum atomic E-state index is 11.1. The van der Waals surface area contributed by atoms with Gasteiger partial charge in [0, 0.05) is 25.6 Å². The second kappa shape index (κ2) is 4.61. The number of aromatic amines is 1. The van der Waals surface area contributed by atoms with Gasteiger partial charge in [-0.15, -0.1) is 0 Å². The number of aryl methyl sites for hydroxylation is 1. The maximum absolute atomic E-state index is 11.1. The van der Waals surface area contributed by atoms with Gasteiger partial charge in [-0.3, -0.25) is 4.79 Å². The number of anilines is 1. The number of nitrogens with zero attached hydrogens (tertiary/aromatic N) is 1. The molecule has 1 heterocycles. The number of rotatable bonds is 4. The van der Waals surface area contributed by atoms with Crippen LogP contribution < -0.4 is 16.6 Å². The van der Waals surface area contributed by atoms with Crippen molar-refractivity contribution in [2.45, 2.75) is 13.3 Å². The first kappa shape index (κ1) is 9.73. The summed E-state index contributed by atoms with van der Waals surface area (Å²) in [6, 6.07) is 1.43. The molecule has 5 heteroatoms. The van der Waals surface area contributed by atoms with Crippen molar-refractivity contribution in [3.8, 4) is 0 Å². The Balaban J connectivity index is 2.82. The van der Waals surface area contributed by atoms with E-state index in [9.17, 15) is 4.79 Å².